The molecule has 8 nitrogen and oxygen atoms in total. The van der Waals surface area contributed by atoms with E-state index in [2.05, 4.69) is 309 Å². The zero-order valence-electron chi connectivity index (χ0n) is 49.4. The van der Waals surface area contributed by atoms with Gasteiger partial charge in [0, 0.05) is 54.2 Å². The van der Waals surface area contributed by atoms with Gasteiger partial charge in [0.1, 0.15) is 11.4 Å². The van der Waals surface area contributed by atoms with Crippen molar-refractivity contribution in [1.29, 1.82) is 0 Å². The Morgan fingerprint density at radius 1 is 0.185 bits per heavy atom. The van der Waals surface area contributed by atoms with E-state index >= 15 is 0 Å². The van der Waals surface area contributed by atoms with Crippen molar-refractivity contribution in [2.75, 3.05) is 0 Å². The number of pyridine rings is 1. The molecule has 6 aromatic heterocycles. The number of hydrogen-bond donors (Lipinski definition) is 0. The zero-order valence-corrected chi connectivity index (χ0v) is 49.4. The normalized spacial score (nSPS) is 12.1. The first-order valence-electron chi connectivity index (χ1n) is 31.3. The molecule has 0 unspecified atom stereocenters. The molecule has 426 valence electrons. The Labute approximate surface area is 526 Å². The lowest BCUT2D eigenvalue weighted by Crippen LogP contribution is -2.17. The second-order valence-electron chi connectivity index (χ2n) is 24.0. The molecule has 0 radical (unpaired) electrons. The third kappa shape index (κ3) is 7.17. The predicted molar refractivity (Wildman–Crippen MR) is 381 cm³/mol. The van der Waals surface area contributed by atoms with Gasteiger partial charge in [0.25, 0.3) is 0 Å². The van der Waals surface area contributed by atoms with Crippen LogP contribution in [0.3, 0.4) is 0 Å². The minimum Gasteiger partial charge on any atom is -0.305 e. The first-order chi connectivity index (χ1) is 45.7. The van der Waals surface area contributed by atoms with Gasteiger partial charge in [0.2, 0.25) is 0 Å². The van der Waals surface area contributed by atoms with Crippen LogP contribution in [-0.4, -0.2) is 38.2 Å². The Kier molecular flexibility index (Phi) is 10.7. The molecule has 14 aromatic carbocycles. The van der Waals surface area contributed by atoms with Gasteiger partial charge in [-0.05, 0) is 91.6 Å². The lowest BCUT2D eigenvalue weighted by atomic mass is 10.0. The van der Waals surface area contributed by atoms with Crippen molar-refractivity contribution in [2.45, 2.75) is 0 Å². The average Bonchev–Trinajstić information content (AvgIpc) is 1.49. The van der Waals surface area contributed by atoms with Crippen LogP contribution in [0.25, 0.3) is 187 Å². The first kappa shape index (κ1) is 50.5. The highest BCUT2D eigenvalue weighted by atomic mass is 15.2. The summed E-state index contributed by atoms with van der Waals surface area (Å²) in [6.45, 7) is 0. The number of benzene rings is 14. The zero-order chi connectivity index (χ0) is 60.1. The molecule has 6 heterocycles. The molecule has 20 aromatic rings. The maximum atomic E-state index is 6.64. The van der Waals surface area contributed by atoms with Crippen molar-refractivity contribution in [3.8, 4) is 57.2 Å². The number of hydrogen-bond acceptors (Lipinski definition) is 4. The Hall–Kier alpha value is -12.5. The predicted octanol–water partition coefficient (Wildman–Crippen LogP) is 21.3. The van der Waals surface area contributed by atoms with Crippen LogP contribution in [0, 0.1) is 0 Å². The lowest BCUT2D eigenvalue weighted by molar-refractivity contribution is 0.953. The number of aromatic nitrogens is 8. The SMILES string of the molecule is c1ccc(-c2nc(-c3ccccc3)nc(-c3c(-n4c5ccccc5c5c6ccccc6ccc54)c(-n4c5ccccc5c5c6ccccc6ccc54)nc(-n4c5ccccc5c5c6ccccc6ccc54)c3-n3c4ccccc4c4c5ccccc5ccc43)n2)cc1. The molecule has 20 rings (SSSR count). The molecule has 0 amide bonds. The van der Waals surface area contributed by atoms with E-state index in [0.717, 1.165) is 158 Å². The van der Waals surface area contributed by atoms with Crippen LogP contribution in [0.15, 0.2) is 303 Å². The maximum absolute atomic E-state index is 6.64. The molecule has 0 bridgehead atoms. The Morgan fingerprint density at radius 2 is 0.446 bits per heavy atom. The molecule has 0 spiro atoms. The van der Waals surface area contributed by atoms with E-state index in [-0.39, 0.29) is 0 Å². The monoisotopic (exact) mass is 1170 g/mol. The van der Waals surface area contributed by atoms with Gasteiger partial charge < -0.3 is 9.13 Å². The number of rotatable bonds is 7. The van der Waals surface area contributed by atoms with Crippen molar-refractivity contribution in [3.63, 3.8) is 0 Å². The summed E-state index contributed by atoms with van der Waals surface area (Å²) in [4.78, 5) is 24.0. The fourth-order valence-electron chi connectivity index (χ4n) is 15.3. The summed E-state index contributed by atoms with van der Waals surface area (Å²) in [5.41, 5.74) is 12.1. The highest BCUT2D eigenvalue weighted by Gasteiger charge is 2.35. The van der Waals surface area contributed by atoms with Crippen LogP contribution >= 0.6 is 0 Å². The highest BCUT2D eigenvalue weighted by molar-refractivity contribution is 6.26. The van der Waals surface area contributed by atoms with Crippen molar-refractivity contribution in [1.82, 2.24) is 38.2 Å². The van der Waals surface area contributed by atoms with E-state index in [0.29, 0.717) is 29.1 Å². The maximum Gasteiger partial charge on any atom is 0.168 e. The first-order valence-corrected chi connectivity index (χ1v) is 31.3. The van der Waals surface area contributed by atoms with E-state index in [4.69, 9.17) is 19.9 Å². The van der Waals surface area contributed by atoms with Gasteiger partial charge >= 0.3 is 0 Å². The average molecular weight is 1170 g/mol. The van der Waals surface area contributed by atoms with Gasteiger partial charge in [-0.3, -0.25) is 9.13 Å². The Bertz CT molecular complexity index is 6120. The van der Waals surface area contributed by atoms with Crippen molar-refractivity contribution >= 4 is 130 Å². The molecule has 0 saturated carbocycles. The minimum atomic E-state index is 0.475. The smallest absolute Gasteiger partial charge is 0.168 e. The van der Waals surface area contributed by atoms with Gasteiger partial charge in [-0.1, -0.05) is 255 Å². The molecule has 8 heteroatoms. The largest absolute Gasteiger partial charge is 0.305 e. The summed E-state index contributed by atoms with van der Waals surface area (Å²) in [5.74, 6) is 2.94. The van der Waals surface area contributed by atoms with E-state index in [1.165, 1.54) is 0 Å². The van der Waals surface area contributed by atoms with Gasteiger partial charge in [-0.2, -0.15) is 0 Å². The molecule has 0 atom stereocenters. The van der Waals surface area contributed by atoms with Crippen LogP contribution in [0.1, 0.15) is 0 Å². The molecule has 0 saturated heterocycles. The van der Waals surface area contributed by atoms with Crippen molar-refractivity contribution in [2.24, 2.45) is 0 Å². The molecule has 0 N–H and O–H groups in total. The molecule has 0 aliphatic rings. The summed E-state index contributed by atoms with van der Waals surface area (Å²) < 4.78 is 9.84. The number of fused-ring (bicyclic) bond motifs is 20. The summed E-state index contributed by atoms with van der Waals surface area (Å²) >= 11 is 0. The van der Waals surface area contributed by atoms with Crippen LogP contribution in [-0.2, 0) is 0 Å². The van der Waals surface area contributed by atoms with Gasteiger partial charge in [-0.15, -0.1) is 0 Å². The second-order valence-corrected chi connectivity index (χ2v) is 24.0. The van der Waals surface area contributed by atoms with Gasteiger partial charge in [0.05, 0.1) is 49.7 Å². The van der Waals surface area contributed by atoms with Crippen molar-refractivity contribution in [3.05, 3.63) is 303 Å². The molecule has 0 fully saturated rings. The summed E-state index contributed by atoms with van der Waals surface area (Å²) in [5, 5.41) is 18.2. The van der Waals surface area contributed by atoms with Crippen LogP contribution in [0.4, 0.5) is 0 Å². The highest BCUT2D eigenvalue weighted by Crippen LogP contribution is 2.51. The summed E-state index contributed by atoms with van der Waals surface area (Å²) in [6.07, 6.45) is 0. The third-order valence-electron chi connectivity index (χ3n) is 19.2. The summed E-state index contributed by atoms with van der Waals surface area (Å²) in [7, 11) is 0. The fraction of sp³-hybridized carbons (Fsp3) is 0. The van der Waals surface area contributed by atoms with Gasteiger partial charge in [-0.25, -0.2) is 19.9 Å². The molecule has 0 aliphatic carbocycles. The quantitative estimate of drug-likeness (QED) is 0.159. The number of nitrogens with zero attached hydrogens (tertiary/aromatic N) is 8. The molecule has 92 heavy (non-hydrogen) atoms. The van der Waals surface area contributed by atoms with Crippen LogP contribution in [0.5, 0.6) is 0 Å². The third-order valence-corrected chi connectivity index (χ3v) is 19.2. The minimum absolute atomic E-state index is 0.475. The summed E-state index contributed by atoms with van der Waals surface area (Å²) in [6, 6.07) is 110. The van der Waals surface area contributed by atoms with Crippen LogP contribution < -0.4 is 0 Å². The molecular weight excluding hydrogens is 1120 g/mol. The Morgan fingerprint density at radius 3 is 0.783 bits per heavy atom. The fourth-order valence-corrected chi connectivity index (χ4v) is 15.3. The molecule has 0 aliphatic heterocycles. The number of para-hydroxylation sites is 4. The molecular formula is C84H50N8. The van der Waals surface area contributed by atoms with E-state index in [9.17, 15) is 0 Å². The van der Waals surface area contributed by atoms with E-state index < -0.39 is 0 Å². The van der Waals surface area contributed by atoms with E-state index in [1.54, 1.807) is 0 Å². The van der Waals surface area contributed by atoms with Gasteiger partial charge in [0.15, 0.2) is 29.1 Å². The Balaban J connectivity index is 1.12. The standard InChI is InChI=1S/C84H50N8/c1-3-27-55(28-4-1)80-85-81(56-29-5-2-6-30-56)87-82(86-80)77-78(89-65-39-19-15-35-61(65)73-57-31-11-7-23-51(57)43-47-69(73)89)83(91-67-41-21-17-37-63(67)75-59-33-13-9-25-53(59)45-49-71(75)91)88-84(92-68-42-22-18-38-64(68)76-60-34-14-10-26-54(60)46-50-72(76)92)79(77)90-66-40-20-16-36-62(66)74-58-32-12-8-24-52(58)44-48-70(74)90/h1-50H. The topological polar surface area (TPSA) is 71.3 Å². The van der Waals surface area contributed by atoms with Crippen molar-refractivity contribution < 1.29 is 0 Å². The lowest BCUT2D eigenvalue weighted by Gasteiger charge is -2.26. The second kappa shape index (κ2) is 19.5. The van der Waals surface area contributed by atoms with E-state index in [1.807, 2.05) is 12.1 Å². The van der Waals surface area contributed by atoms with Crippen LogP contribution in [0.2, 0.25) is 0 Å².